The minimum Gasteiger partial charge on any atom is -0.349 e. The predicted molar refractivity (Wildman–Crippen MR) is 144 cm³/mol. The molecule has 2 aliphatic rings. The smallest absolute Gasteiger partial charge is 0.251 e. The number of hydrogen-bond donors (Lipinski definition) is 3. The highest BCUT2D eigenvalue weighted by Crippen LogP contribution is 2.26. The van der Waals surface area contributed by atoms with E-state index in [4.69, 9.17) is 0 Å². The lowest BCUT2D eigenvalue weighted by Gasteiger charge is -2.22. The van der Waals surface area contributed by atoms with Gasteiger partial charge in [0.1, 0.15) is 5.82 Å². The second-order valence-corrected chi connectivity index (χ2v) is 10.3. The normalized spacial score (nSPS) is 17.3. The number of carbonyl (C=O) groups is 2. The number of H-pyrrole nitrogens is 1. The van der Waals surface area contributed by atoms with Crippen LogP contribution in [0.2, 0.25) is 0 Å². The van der Waals surface area contributed by atoms with Gasteiger partial charge in [-0.25, -0.2) is 4.98 Å². The van der Waals surface area contributed by atoms with Gasteiger partial charge in [-0.3, -0.25) is 9.59 Å². The molecule has 0 saturated heterocycles. The van der Waals surface area contributed by atoms with E-state index < -0.39 is 0 Å². The quantitative estimate of drug-likeness (QED) is 0.340. The zero-order valence-corrected chi connectivity index (χ0v) is 20.9. The number of aromatic amines is 1. The molecule has 188 valence electrons. The molecule has 3 N–H and O–H groups in total. The minimum absolute atomic E-state index is 0.00460. The molecule has 2 amide bonds. The molecule has 0 aliphatic heterocycles. The first-order valence-corrected chi connectivity index (χ1v) is 13.5. The van der Waals surface area contributed by atoms with Crippen LogP contribution in [0.3, 0.4) is 0 Å². The Labute approximate surface area is 213 Å². The fourth-order valence-electron chi connectivity index (χ4n) is 5.43. The fourth-order valence-corrected chi connectivity index (χ4v) is 5.43. The topological polar surface area (TPSA) is 86.9 Å². The molecule has 0 bridgehead atoms. The number of hydrogen-bond acceptors (Lipinski definition) is 3. The van der Waals surface area contributed by atoms with Crippen molar-refractivity contribution >= 4 is 17.5 Å². The van der Waals surface area contributed by atoms with E-state index in [0.29, 0.717) is 11.6 Å². The Kier molecular flexibility index (Phi) is 7.79. The van der Waals surface area contributed by atoms with E-state index in [2.05, 4.69) is 20.6 Å². The van der Waals surface area contributed by atoms with Crippen molar-refractivity contribution in [1.29, 1.82) is 0 Å². The van der Waals surface area contributed by atoms with Crippen molar-refractivity contribution in [1.82, 2.24) is 15.3 Å². The fraction of sp³-hybridized carbons (Fsp3) is 0.433. The Morgan fingerprint density at radius 3 is 2.06 bits per heavy atom. The summed E-state index contributed by atoms with van der Waals surface area (Å²) in [6.45, 7) is 0. The molecule has 1 aromatic heterocycles. The van der Waals surface area contributed by atoms with E-state index in [9.17, 15) is 9.59 Å². The van der Waals surface area contributed by atoms with Crippen molar-refractivity contribution in [3.8, 4) is 22.6 Å². The van der Waals surface area contributed by atoms with Gasteiger partial charge >= 0.3 is 0 Å². The number of carbonyl (C=O) groups excluding carboxylic acids is 2. The van der Waals surface area contributed by atoms with Gasteiger partial charge in [-0.1, -0.05) is 57.1 Å². The largest absolute Gasteiger partial charge is 0.349 e. The van der Waals surface area contributed by atoms with Gasteiger partial charge in [-0.2, -0.15) is 0 Å². The van der Waals surface area contributed by atoms with Crippen LogP contribution in [0.25, 0.3) is 22.6 Å². The lowest BCUT2D eigenvalue weighted by molar-refractivity contribution is -0.120. The number of benzene rings is 2. The van der Waals surface area contributed by atoms with Gasteiger partial charge in [-0.15, -0.1) is 0 Å². The van der Waals surface area contributed by atoms with E-state index in [1.54, 1.807) is 0 Å². The van der Waals surface area contributed by atoms with Gasteiger partial charge in [0.2, 0.25) is 5.91 Å². The predicted octanol–water partition coefficient (Wildman–Crippen LogP) is 6.72. The summed E-state index contributed by atoms with van der Waals surface area (Å²) in [6.07, 6.45) is 14.4. The molecular weight excluding hydrogens is 448 g/mol. The summed E-state index contributed by atoms with van der Waals surface area (Å²) in [5, 5.41) is 6.26. The van der Waals surface area contributed by atoms with Crippen LogP contribution < -0.4 is 10.6 Å². The molecule has 0 radical (unpaired) electrons. The van der Waals surface area contributed by atoms with Crippen molar-refractivity contribution < 1.29 is 9.59 Å². The average Bonchev–Trinajstić information content (AvgIpc) is 3.24. The number of imidazole rings is 1. The van der Waals surface area contributed by atoms with Crippen molar-refractivity contribution in [2.75, 3.05) is 5.32 Å². The summed E-state index contributed by atoms with van der Waals surface area (Å²) in [7, 11) is 0. The summed E-state index contributed by atoms with van der Waals surface area (Å²) in [5.74, 6) is 1.04. The van der Waals surface area contributed by atoms with Crippen LogP contribution in [0.4, 0.5) is 5.69 Å². The maximum atomic E-state index is 12.6. The van der Waals surface area contributed by atoms with Gasteiger partial charge in [0.25, 0.3) is 5.91 Å². The molecule has 0 unspecified atom stereocenters. The monoisotopic (exact) mass is 484 g/mol. The lowest BCUT2D eigenvalue weighted by Crippen LogP contribution is -2.36. The van der Waals surface area contributed by atoms with Gasteiger partial charge in [0.05, 0.1) is 11.9 Å². The van der Waals surface area contributed by atoms with Crippen LogP contribution in [-0.4, -0.2) is 27.8 Å². The van der Waals surface area contributed by atoms with Gasteiger partial charge in [0, 0.05) is 28.8 Å². The van der Waals surface area contributed by atoms with Crippen LogP contribution in [0.15, 0.2) is 54.7 Å². The number of nitrogens with zero attached hydrogens (tertiary/aromatic N) is 1. The molecule has 2 aliphatic carbocycles. The van der Waals surface area contributed by atoms with Crippen LogP contribution in [0.5, 0.6) is 0 Å². The summed E-state index contributed by atoms with van der Waals surface area (Å²) < 4.78 is 0. The highest BCUT2D eigenvalue weighted by Gasteiger charge is 2.20. The van der Waals surface area contributed by atoms with Crippen molar-refractivity contribution in [3.63, 3.8) is 0 Å². The Morgan fingerprint density at radius 2 is 1.36 bits per heavy atom. The SMILES string of the molecule is O=C(NC1CCCCC1)c1ccc(-c2cnc(-c3ccc(NC(=O)C4CCCCCC4)cc3)[nH]2)cc1. The van der Waals surface area contributed by atoms with Gasteiger partial charge in [-0.05, 0) is 67.6 Å². The Balaban J connectivity index is 1.19. The van der Waals surface area contributed by atoms with E-state index in [-0.39, 0.29) is 17.7 Å². The van der Waals surface area contributed by atoms with Crippen molar-refractivity contribution in [2.24, 2.45) is 5.92 Å². The van der Waals surface area contributed by atoms with Gasteiger partial charge < -0.3 is 15.6 Å². The maximum absolute atomic E-state index is 12.6. The van der Waals surface area contributed by atoms with Crippen LogP contribution >= 0.6 is 0 Å². The molecule has 0 atom stereocenters. The molecule has 2 fully saturated rings. The lowest BCUT2D eigenvalue weighted by atomic mass is 9.95. The van der Waals surface area contributed by atoms with E-state index >= 15 is 0 Å². The molecule has 3 aromatic rings. The minimum atomic E-state index is 0.00460. The number of anilines is 1. The van der Waals surface area contributed by atoms with E-state index in [1.807, 2.05) is 54.7 Å². The summed E-state index contributed by atoms with van der Waals surface area (Å²) in [4.78, 5) is 33.2. The second kappa shape index (κ2) is 11.5. The van der Waals surface area contributed by atoms with E-state index in [0.717, 1.165) is 66.9 Å². The molecule has 5 rings (SSSR count). The van der Waals surface area contributed by atoms with E-state index in [1.165, 1.54) is 32.1 Å². The molecule has 6 heteroatoms. The Bertz CT molecular complexity index is 1150. The second-order valence-electron chi connectivity index (χ2n) is 10.3. The molecule has 36 heavy (non-hydrogen) atoms. The third-order valence-electron chi connectivity index (χ3n) is 7.63. The standard InChI is InChI=1S/C30H36N4O2/c35-29(23-8-4-1-2-5-9-23)33-26-18-16-22(17-19-26)28-31-20-27(34-28)21-12-14-24(15-13-21)30(36)32-25-10-6-3-7-11-25/h12-20,23,25H,1-11H2,(H,31,34)(H,32,36)(H,33,35). The molecule has 0 spiro atoms. The Hall–Kier alpha value is -3.41. The number of aromatic nitrogens is 2. The average molecular weight is 485 g/mol. The number of rotatable bonds is 6. The number of amides is 2. The van der Waals surface area contributed by atoms with Crippen LogP contribution in [0, 0.1) is 5.92 Å². The molecular formula is C30H36N4O2. The molecule has 1 heterocycles. The highest BCUT2D eigenvalue weighted by molar-refractivity contribution is 5.95. The first kappa shape index (κ1) is 24.3. The first-order valence-electron chi connectivity index (χ1n) is 13.5. The van der Waals surface area contributed by atoms with Crippen LogP contribution in [0.1, 0.15) is 81.0 Å². The molecule has 6 nitrogen and oxygen atoms in total. The number of nitrogens with one attached hydrogen (secondary N) is 3. The molecule has 2 aromatic carbocycles. The first-order chi connectivity index (χ1) is 17.7. The van der Waals surface area contributed by atoms with Crippen molar-refractivity contribution in [3.05, 3.63) is 60.3 Å². The zero-order chi connectivity index (χ0) is 24.7. The Morgan fingerprint density at radius 1 is 0.750 bits per heavy atom. The third kappa shape index (κ3) is 6.04. The van der Waals surface area contributed by atoms with Gasteiger partial charge in [0.15, 0.2) is 0 Å². The van der Waals surface area contributed by atoms with Crippen LogP contribution in [-0.2, 0) is 4.79 Å². The zero-order valence-electron chi connectivity index (χ0n) is 20.9. The maximum Gasteiger partial charge on any atom is 0.251 e. The molecule has 2 saturated carbocycles. The third-order valence-corrected chi connectivity index (χ3v) is 7.63. The summed E-state index contributed by atoms with van der Waals surface area (Å²) in [6, 6.07) is 15.8. The summed E-state index contributed by atoms with van der Waals surface area (Å²) in [5.41, 5.74) is 4.34. The highest BCUT2D eigenvalue weighted by atomic mass is 16.2. The van der Waals surface area contributed by atoms with Crippen molar-refractivity contribution in [2.45, 2.75) is 76.7 Å². The summed E-state index contributed by atoms with van der Waals surface area (Å²) >= 11 is 0.